The van der Waals surface area contributed by atoms with Crippen molar-refractivity contribution in [3.05, 3.63) is 17.5 Å². The molecule has 100 valence electrons. The predicted octanol–water partition coefficient (Wildman–Crippen LogP) is 1.13. The van der Waals surface area contributed by atoms with Crippen LogP contribution in [0.2, 0.25) is 0 Å². The Kier molecular flexibility index (Phi) is 3.71. The van der Waals surface area contributed by atoms with Crippen LogP contribution in [-0.2, 0) is 24.8 Å². The van der Waals surface area contributed by atoms with Crippen LogP contribution >= 0.6 is 0 Å². The molecule has 1 N–H and O–H groups in total. The molecular formula is C13H21N3O2. The van der Waals surface area contributed by atoms with Crippen molar-refractivity contribution in [1.29, 1.82) is 0 Å². The standard InChI is InChI=1S/C13H21N3O2/c1-4-11-5-12(15(3)14-11)8-16-6-10(7-16)9(2)13(17)18/h5,9-10H,4,6-8H2,1-3H3,(H,17,18). The molecule has 1 aliphatic rings. The van der Waals surface area contributed by atoms with Crippen molar-refractivity contribution in [1.82, 2.24) is 14.7 Å². The number of aliphatic carboxylic acids is 1. The molecule has 0 spiro atoms. The van der Waals surface area contributed by atoms with Crippen LogP contribution in [0.15, 0.2) is 6.07 Å². The normalized spacial score (nSPS) is 18.6. The number of carboxylic acid groups (broad SMARTS) is 1. The molecule has 1 aliphatic heterocycles. The van der Waals surface area contributed by atoms with Gasteiger partial charge in [0.05, 0.1) is 17.3 Å². The summed E-state index contributed by atoms with van der Waals surface area (Å²) in [6.07, 6.45) is 0.951. The van der Waals surface area contributed by atoms with Gasteiger partial charge in [-0.05, 0) is 18.4 Å². The number of carboxylic acids is 1. The summed E-state index contributed by atoms with van der Waals surface area (Å²) in [7, 11) is 1.96. The summed E-state index contributed by atoms with van der Waals surface area (Å²) in [5.41, 5.74) is 2.32. The number of hydrogen-bond acceptors (Lipinski definition) is 3. The predicted molar refractivity (Wildman–Crippen MR) is 68.2 cm³/mol. The zero-order chi connectivity index (χ0) is 13.3. The van der Waals surface area contributed by atoms with E-state index in [9.17, 15) is 4.79 Å². The highest BCUT2D eigenvalue weighted by atomic mass is 16.4. The largest absolute Gasteiger partial charge is 0.481 e. The molecule has 1 aromatic rings. The van der Waals surface area contributed by atoms with Gasteiger partial charge in [0, 0.05) is 26.7 Å². The van der Waals surface area contributed by atoms with E-state index in [1.165, 1.54) is 5.69 Å². The first-order chi connectivity index (χ1) is 8.51. The zero-order valence-corrected chi connectivity index (χ0v) is 11.3. The van der Waals surface area contributed by atoms with E-state index in [1.807, 2.05) is 11.7 Å². The van der Waals surface area contributed by atoms with E-state index in [1.54, 1.807) is 6.92 Å². The number of likely N-dealkylation sites (tertiary alicyclic amines) is 1. The molecule has 0 aromatic carbocycles. The molecule has 2 rings (SSSR count). The maximum absolute atomic E-state index is 10.9. The highest BCUT2D eigenvalue weighted by Crippen LogP contribution is 2.25. The number of rotatable bonds is 5. The molecule has 1 saturated heterocycles. The second-order valence-electron chi connectivity index (χ2n) is 5.19. The van der Waals surface area contributed by atoms with Crippen molar-refractivity contribution in [2.45, 2.75) is 26.8 Å². The molecule has 0 amide bonds. The first-order valence-electron chi connectivity index (χ1n) is 6.48. The lowest BCUT2D eigenvalue weighted by Gasteiger charge is -2.41. The maximum Gasteiger partial charge on any atom is 0.306 e. The summed E-state index contributed by atoms with van der Waals surface area (Å²) in [6.45, 7) is 6.51. The molecule has 1 aromatic heterocycles. The third kappa shape index (κ3) is 2.56. The number of nitrogens with zero attached hydrogens (tertiary/aromatic N) is 3. The van der Waals surface area contributed by atoms with Crippen LogP contribution in [0.5, 0.6) is 0 Å². The lowest BCUT2D eigenvalue weighted by Crippen LogP contribution is -2.50. The Labute approximate surface area is 107 Å². The van der Waals surface area contributed by atoms with Gasteiger partial charge in [-0.25, -0.2) is 0 Å². The fraction of sp³-hybridized carbons (Fsp3) is 0.692. The second-order valence-corrected chi connectivity index (χ2v) is 5.19. The Morgan fingerprint density at radius 2 is 2.28 bits per heavy atom. The van der Waals surface area contributed by atoms with Gasteiger partial charge in [0.15, 0.2) is 0 Å². The van der Waals surface area contributed by atoms with Gasteiger partial charge in [0.1, 0.15) is 0 Å². The van der Waals surface area contributed by atoms with Crippen molar-refractivity contribution in [3.63, 3.8) is 0 Å². The highest BCUT2D eigenvalue weighted by molar-refractivity contribution is 5.70. The van der Waals surface area contributed by atoms with Gasteiger partial charge in [0.2, 0.25) is 0 Å². The third-order valence-electron chi connectivity index (χ3n) is 3.86. The molecule has 0 bridgehead atoms. The van der Waals surface area contributed by atoms with E-state index in [0.717, 1.165) is 31.7 Å². The van der Waals surface area contributed by atoms with Gasteiger partial charge in [-0.2, -0.15) is 5.10 Å². The van der Waals surface area contributed by atoms with Gasteiger partial charge >= 0.3 is 5.97 Å². The van der Waals surface area contributed by atoms with Crippen molar-refractivity contribution in [2.75, 3.05) is 13.1 Å². The van der Waals surface area contributed by atoms with Crippen molar-refractivity contribution < 1.29 is 9.90 Å². The van der Waals surface area contributed by atoms with Crippen molar-refractivity contribution in [2.24, 2.45) is 18.9 Å². The molecule has 0 saturated carbocycles. The van der Waals surface area contributed by atoms with Crippen molar-refractivity contribution in [3.8, 4) is 0 Å². The summed E-state index contributed by atoms with van der Waals surface area (Å²) < 4.78 is 1.92. The van der Waals surface area contributed by atoms with E-state index in [-0.39, 0.29) is 5.92 Å². The van der Waals surface area contributed by atoms with Gasteiger partial charge in [0.25, 0.3) is 0 Å². The molecule has 0 radical (unpaired) electrons. The lowest BCUT2D eigenvalue weighted by atomic mass is 9.87. The summed E-state index contributed by atoms with van der Waals surface area (Å²) in [5, 5.41) is 13.4. The molecule has 1 unspecified atom stereocenters. The Bertz CT molecular complexity index is 435. The smallest absolute Gasteiger partial charge is 0.306 e. The molecule has 1 fully saturated rings. The summed E-state index contributed by atoms with van der Waals surface area (Å²) in [6, 6.07) is 2.13. The Balaban J connectivity index is 1.86. The average molecular weight is 251 g/mol. The molecular weight excluding hydrogens is 230 g/mol. The average Bonchev–Trinajstić information content (AvgIpc) is 2.63. The molecule has 1 atom stereocenters. The number of hydrogen-bond donors (Lipinski definition) is 1. The van der Waals surface area contributed by atoms with Gasteiger partial charge in [-0.3, -0.25) is 14.4 Å². The van der Waals surface area contributed by atoms with Crippen LogP contribution < -0.4 is 0 Å². The topological polar surface area (TPSA) is 58.4 Å². The fourth-order valence-corrected chi connectivity index (χ4v) is 2.38. The summed E-state index contributed by atoms with van der Waals surface area (Å²) in [5.74, 6) is -0.631. The van der Waals surface area contributed by atoms with Crippen LogP contribution in [0, 0.1) is 11.8 Å². The number of aromatic nitrogens is 2. The zero-order valence-electron chi connectivity index (χ0n) is 11.3. The van der Waals surface area contributed by atoms with Crippen molar-refractivity contribution >= 4 is 5.97 Å². The summed E-state index contributed by atoms with van der Waals surface area (Å²) >= 11 is 0. The minimum Gasteiger partial charge on any atom is -0.481 e. The monoisotopic (exact) mass is 251 g/mol. The first-order valence-corrected chi connectivity index (χ1v) is 6.48. The lowest BCUT2D eigenvalue weighted by molar-refractivity contribution is -0.145. The molecule has 5 heteroatoms. The number of carbonyl (C=O) groups is 1. The minimum absolute atomic E-state index is 0.237. The molecule has 18 heavy (non-hydrogen) atoms. The minimum atomic E-state index is -0.687. The van der Waals surface area contributed by atoms with E-state index in [0.29, 0.717) is 5.92 Å². The first kappa shape index (κ1) is 13.1. The Hall–Kier alpha value is -1.36. The number of aryl methyl sites for hydroxylation is 2. The van der Waals surface area contributed by atoms with Crippen LogP contribution in [0.3, 0.4) is 0 Å². The van der Waals surface area contributed by atoms with Gasteiger partial charge < -0.3 is 5.11 Å². The van der Waals surface area contributed by atoms with E-state index < -0.39 is 5.97 Å². The second kappa shape index (κ2) is 5.10. The SMILES string of the molecule is CCc1cc(CN2CC(C(C)C(=O)O)C2)n(C)n1. The van der Waals surface area contributed by atoms with Gasteiger partial charge in [-0.1, -0.05) is 13.8 Å². The third-order valence-corrected chi connectivity index (χ3v) is 3.86. The molecule has 2 heterocycles. The van der Waals surface area contributed by atoms with Crippen LogP contribution in [0.25, 0.3) is 0 Å². The van der Waals surface area contributed by atoms with E-state index >= 15 is 0 Å². The van der Waals surface area contributed by atoms with Crippen LogP contribution in [0.1, 0.15) is 25.2 Å². The molecule has 0 aliphatic carbocycles. The van der Waals surface area contributed by atoms with Crippen LogP contribution in [0.4, 0.5) is 0 Å². The summed E-state index contributed by atoms with van der Waals surface area (Å²) in [4.78, 5) is 13.1. The highest BCUT2D eigenvalue weighted by Gasteiger charge is 2.34. The van der Waals surface area contributed by atoms with E-state index in [4.69, 9.17) is 5.11 Å². The Morgan fingerprint density at radius 3 is 2.78 bits per heavy atom. The molecule has 5 nitrogen and oxygen atoms in total. The quantitative estimate of drug-likeness (QED) is 0.852. The Morgan fingerprint density at radius 1 is 1.61 bits per heavy atom. The van der Waals surface area contributed by atoms with Crippen LogP contribution in [-0.4, -0.2) is 38.8 Å². The van der Waals surface area contributed by atoms with Gasteiger partial charge in [-0.15, -0.1) is 0 Å². The fourth-order valence-electron chi connectivity index (χ4n) is 2.38. The maximum atomic E-state index is 10.9. The van der Waals surface area contributed by atoms with E-state index in [2.05, 4.69) is 23.0 Å².